The van der Waals surface area contributed by atoms with Crippen LogP contribution in [0.25, 0.3) is 22.0 Å². The second kappa shape index (κ2) is 8.06. The Kier molecular flexibility index (Phi) is 5.16. The van der Waals surface area contributed by atoms with Crippen molar-refractivity contribution in [2.75, 3.05) is 7.11 Å². The Morgan fingerprint density at radius 1 is 1.00 bits per heavy atom. The highest BCUT2D eigenvalue weighted by Crippen LogP contribution is 2.28. The third-order valence-electron chi connectivity index (χ3n) is 4.80. The summed E-state index contributed by atoms with van der Waals surface area (Å²) in [5, 5.41) is 3.91. The quantitative estimate of drug-likeness (QED) is 0.558. The Hall–Kier alpha value is -3.80. The first kappa shape index (κ1) is 18.6. The zero-order chi connectivity index (χ0) is 20.2. The van der Waals surface area contributed by atoms with Gasteiger partial charge in [0.1, 0.15) is 11.4 Å². The summed E-state index contributed by atoms with van der Waals surface area (Å²) in [5.41, 5.74) is 3.91. The normalized spacial score (nSPS) is 11.8. The first-order valence-electron chi connectivity index (χ1n) is 9.25. The predicted molar refractivity (Wildman–Crippen MR) is 112 cm³/mol. The van der Waals surface area contributed by atoms with Crippen LogP contribution in [0.3, 0.4) is 0 Å². The van der Waals surface area contributed by atoms with Crippen LogP contribution in [-0.4, -0.2) is 28.0 Å². The molecule has 4 aromatic rings. The summed E-state index contributed by atoms with van der Waals surface area (Å²) in [7, 11) is 1.63. The van der Waals surface area contributed by atoms with Gasteiger partial charge in [-0.15, -0.1) is 0 Å². The molecule has 0 bridgehead atoms. The molecule has 1 atom stereocenters. The molecule has 0 saturated heterocycles. The van der Waals surface area contributed by atoms with Crippen molar-refractivity contribution in [3.05, 3.63) is 84.6 Å². The minimum Gasteiger partial charge on any atom is -0.497 e. The van der Waals surface area contributed by atoms with Gasteiger partial charge >= 0.3 is 0 Å². The summed E-state index contributed by atoms with van der Waals surface area (Å²) in [6.07, 6.45) is 6.89. The Labute approximate surface area is 168 Å². The van der Waals surface area contributed by atoms with Crippen LogP contribution >= 0.6 is 0 Å². The number of aromatic nitrogens is 3. The van der Waals surface area contributed by atoms with E-state index in [1.165, 1.54) is 0 Å². The number of fused-ring (bicyclic) bond motifs is 1. The Bertz CT molecular complexity index is 1140. The highest BCUT2D eigenvalue weighted by atomic mass is 16.5. The van der Waals surface area contributed by atoms with E-state index in [4.69, 9.17) is 4.74 Å². The number of amides is 1. The van der Waals surface area contributed by atoms with E-state index in [1.807, 2.05) is 49.4 Å². The number of methoxy groups -OCH3 is 1. The van der Waals surface area contributed by atoms with Crippen LogP contribution in [0.5, 0.6) is 5.75 Å². The van der Waals surface area contributed by atoms with Gasteiger partial charge in [0.25, 0.3) is 5.91 Å². The molecule has 3 heterocycles. The van der Waals surface area contributed by atoms with Gasteiger partial charge in [-0.2, -0.15) is 0 Å². The van der Waals surface area contributed by atoms with Gasteiger partial charge in [-0.25, -0.2) is 4.98 Å². The van der Waals surface area contributed by atoms with Crippen molar-refractivity contribution in [1.29, 1.82) is 0 Å². The lowest BCUT2D eigenvalue weighted by atomic mass is 10.0. The molecule has 0 aliphatic heterocycles. The zero-order valence-corrected chi connectivity index (χ0v) is 16.2. The fourth-order valence-electron chi connectivity index (χ4n) is 3.20. The van der Waals surface area contributed by atoms with Gasteiger partial charge in [-0.1, -0.05) is 12.1 Å². The smallest absolute Gasteiger partial charge is 0.270 e. The molecule has 29 heavy (non-hydrogen) atoms. The number of nitrogens with zero attached hydrogens (tertiary/aromatic N) is 3. The number of carbonyl (C=O) groups excluding carboxylic acids is 1. The minimum absolute atomic E-state index is 0.173. The maximum absolute atomic E-state index is 13.0. The molecule has 3 aromatic heterocycles. The summed E-state index contributed by atoms with van der Waals surface area (Å²) in [4.78, 5) is 25.8. The van der Waals surface area contributed by atoms with E-state index in [1.54, 1.807) is 38.0 Å². The van der Waals surface area contributed by atoms with E-state index in [2.05, 4.69) is 20.3 Å². The SMILES string of the molecule is COc1ccc([C@@H](C)NC(=O)c2cc(-c3ccncc3)c3cnccc3n2)cc1. The van der Waals surface area contributed by atoms with Gasteiger partial charge in [0.2, 0.25) is 0 Å². The average Bonchev–Trinajstić information content (AvgIpc) is 2.78. The van der Waals surface area contributed by atoms with Gasteiger partial charge in [-0.3, -0.25) is 14.8 Å². The number of hydrogen-bond donors (Lipinski definition) is 1. The van der Waals surface area contributed by atoms with Crippen LogP contribution in [0.1, 0.15) is 29.0 Å². The molecule has 6 nitrogen and oxygen atoms in total. The largest absolute Gasteiger partial charge is 0.497 e. The molecular weight excluding hydrogens is 364 g/mol. The summed E-state index contributed by atoms with van der Waals surface area (Å²) < 4.78 is 5.19. The first-order valence-corrected chi connectivity index (χ1v) is 9.25. The molecule has 0 unspecified atom stereocenters. The van der Waals surface area contributed by atoms with Gasteiger partial charge in [0, 0.05) is 30.2 Å². The first-order chi connectivity index (χ1) is 14.2. The summed E-state index contributed by atoms with van der Waals surface area (Å²) in [6, 6.07) is 14.9. The molecule has 0 aliphatic rings. The van der Waals surface area contributed by atoms with Crippen molar-refractivity contribution in [1.82, 2.24) is 20.3 Å². The van der Waals surface area contributed by atoms with Gasteiger partial charge in [0.15, 0.2) is 0 Å². The maximum atomic E-state index is 13.0. The minimum atomic E-state index is -0.234. The molecule has 0 fully saturated rings. The van der Waals surface area contributed by atoms with Crippen molar-refractivity contribution in [2.24, 2.45) is 0 Å². The molecule has 1 amide bonds. The average molecular weight is 384 g/mol. The Morgan fingerprint density at radius 2 is 1.72 bits per heavy atom. The molecule has 4 rings (SSSR count). The number of nitrogens with one attached hydrogen (secondary N) is 1. The number of pyridine rings is 3. The monoisotopic (exact) mass is 384 g/mol. The van der Waals surface area contributed by atoms with E-state index < -0.39 is 0 Å². The van der Waals surface area contributed by atoms with Gasteiger partial charge < -0.3 is 10.1 Å². The highest BCUT2D eigenvalue weighted by molar-refractivity contribution is 6.01. The summed E-state index contributed by atoms with van der Waals surface area (Å²) in [5.74, 6) is 0.543. The molecule has 0 radical (unpaired) electrons. The van der Waals surface area contributed by atoms with Gasteiger partial charge in [-0.05, 0) is 60.0 Å². The molecule has 6 heteroatoms. The molecule has 1 N–H and O–H groups in total. The lowest BCUT2D eigenvalue weighted by Gasteiger charge is -2.15. The van der Waals surface area contributed by atoms with Crippen LogP contribution in [0.2, 0.25) is 0 Å². The fourth-order valence-corrected chi connectivity index (χ4v) is 3.20. The molecule has 0 aliphatic carbocycles. The van der Waals surface area contributed by atoms with Crippen LogP contribution in [-0.2, 0) is 0 Å². The predicted octanol–water partition coefficient (Wildman–Crippen LogP) is 4.19. The Balaban J connectivity index is 1.67. The standard InChI is InChI=1S/C23H20N4O2/c1-15(16-3-5-18(29-2)6-4-16)26-23(28)22-13-19(17-7-10-24-11-8-17)20-14-25-12-9-21(20)27-22/h3-15H,1-2H3,(H,26,28)/t15-/m1/s1. The maximum Gasteiger partial charge on any atom is 0.270 e. The van der Waals surface area contributed by atoms with Crippen LogP contribution < -0.4 is 10.1 Å². The molecule has 144 valence electrons. The lowest BCUT2D eigenvalue weighted by Crippen LogP contribution is -2.27. The summed E-state index contributed by atoms with van der Waals surface area (Å²) >= 11 is 0. The van der Waals surface area contributed by atoms with Crippen molar-refractivity contribution >= 4 is 16.8 Å². The number of ether oxygens (including phenoxy) is 1. The number of benzene rings is 1. The molecule has 1 aromatic carbocycles. The molecule has 0 spiro atoms. The number of hydrogen-bond acceptors (Lipinski definition) is 5. The molecule has 0 saturated carbocycles. The second-order valence-electron chi connectivity index (χ2n) is 6.65. The van der Waals surface area contributed by atoms with E-state index >= 15 is 0 Å². The van der Waals surface area contributed by atoms with Crippen molar-refractivity contribution < 1.29 is 9.53 Å². The van der Waals surface area contributed by atoms with Crippen molar-refractivity contribution in [3.63, 3.8) is 0 Å². The van der Waals surface area contributed by atoms with Crippen molar-refractivity contribution in [3.8, 4) is 16.9 Å². The van der Waals surface area contributed by atoms with Crippen LogP contribution in [0.4, 0.5) is 0 Å². The van der Waals surface area contributed by atoms with Gasteiger partial charge in [0.05, 0.1) is 18.7 Å². The van der Waals surface area contributed by atoms with Crippen LogP contribution in [0, 0.1) is 0 Å². The second-order valence-corrected chi connectivity index (χ2v) is 6.65. The van der Waals surface area contributed by atoms with Crippen LogP contribution in [0.15, 0.2) is 73.3 Å². The summed E-state index contributed by atoms with van der Waals surface area (Å²) in [6.45, 7) is 1.94. The van der Waals surface area contributed by atoms with E-state index in [9.17, 15) is 4.79 Å². The van der Waals surface area contributed by atoms with E-state index in [-0.39, 0.29) is 11.9 Å². The number of carbonyl (C=O) groups is 1. The number of rotatable bonds is 5. The third-order valence-corrected chi connectivity index (χ3v) is 4.80. The third kappa shape index (κ3) is 3.91. The van der Waals surface area contributed by atoms with E-state index in [0.29, 0.717) is 5.69 Å². The van der Waals surface area contributed by atoms with E-state index in [0.717, 1.165) is 33.3 Å². The lowest BCUT2D eigenvalue weighted by molar-refractivity contribution is 0.0935. The highest BCUT2D eigenvalue weighted by Gasteiger charge is 2.16. The van der Waals surface area contributed by atoms with Crippen molar-refractivity contribution in [2.45, 2.75) is 13.0 Å². The molecular formula is C23H20N4O2. The fraction of sp³-hybridized carbons (Fsp3) is 0.130. The topological polar surface area (TPSA) is 77.0 Å². The Morgan fingerprint density at radius 3 is 2.45 bits per heavy atom. The zero-order valence-electron chi connectivity index (χ0n) is 16.2.